The van der Waals surface area contributed by atoms with Gasteiger partial charge in [-0.3, -0.25) is 9.59 Å². The number of hydrogen-bond donors (Lipinski definition) is 2. The van der Waals surface area contributed by atoms with Crippen molar-refractivity contribution in [1.82, 2.24) is 15.1 Å². The Labute approximate surface area is 149 Å². The summed E-state index contributed by atoms with van der Waals surface area (Å²) in [6, 6.07) is 6.66. The summed E-state index contributed by atoms with van der Waals surface area (Å²) in [5.41, 5.74) is 0.541. The fraction of sp³-hybridized carbons (Fsp3) is 0.312. The van der Waals surface area contributed by atoms with Crippen molar-refractivity contribution in [3.8, 4) is 5.69 Å². The summed E-state index contributed by atoms with van der Waals surface area (Å²) in [6.45, 7) is 4.87. The maximum atomic E-state index is 12.2. The van der Waals surface area contributed by atoms with Crippen LogP contribution in [-0.4, -0.2) is 33.3 Å². The van der Waals surface area contributed by atoms with Gasteiger partial charge in [0.15, 0.2) is 5.69 Å². The Kier molecular flexibility index (Phi) is 5.20. The van der Waals surface area contributed by atoms with Gasteiger partial charge in [-0.05, 0) is 45.0 Å². The van der Waals surface area contributed by atoms with Gasteiger partial charge in [0.1, 0.15) is 0 Å². The third-order valence-corrected chi connectivity index (χ3v) is 4.28. The first-order chi connectivity index (χ1) is 11.1. The van der Waals surface area contributed by atoms with Gasteiger partial charge < -0.3 is 10.4 Å². The highest BCUT2D eigenvalue weighted by molar-refractivity contribution is 6.42. The zero-order chi connectivity index (χ0) is 18.1. The largest absolute Gasteiger partial charge is 0.481 e. The molecule has 0 bridgehead atoms. The topological polar surface area (TPSA) is 84.2 Å². The normalized spacial score (nSPS) is 11.4. The third-order valence-electron chi connectivity index (χ3n) is 3.54. The number of aromatic nitrogens is 2. The Morgan fingerprint density at radius 1 is 1.25 bits per heavy atom. The molecule has 1 amide bonds. The Morgan fingerprint density at radius 3 is 2.50 bits per heavy atom. The van der Waals surface area contributed by atoms with Gasteiger partial charge in [-0.25, -0.2) is 4.68 Å². The van der Waals surface area contributed by atoms with Crippen LogP contribution in [0.5, 0.6) is 0 Å². The molecule has 0 unspecified atom stereocenters. The van der Waals surface area contributed by atoms with Crippen molar-refractivity contribution in [2.75, 3.05) is 6.54 Å². The summed E-state index contributed by atoms with van der Waals surface area (Å²) in [4.78, 5) is 23.3. The molecule has 0 atom stereocenters. The molecule has 8 heteroatoms. The molecule has 2 N–H and O–H groups in total. The van der Waals surface area contributed by atoms with Crippen LogP contribution in [0.2, 0.25) is 10.0 Å². The van der Waals surface area contributed by atoms with Gasteiger partial charge in [-0.1, -0.05) is 23.2 Å². The molecule has 6 nitrogen and oxygen atoms in total. The lowest BCUT2D eigenvalue weighted by Gasteiger charge is -2.18. The lowest BCUT2D eigenvalue weighted by Crippen LogP contribution is -2.39. The van der Waals surface area contributed by atoms with Crippen LogP contribution in [0.3, 0.4) is 0 Å². The first-order valence-electron chi connectivity index (χ1n) is 7.15. The quantitative estimate of drug-likeness (QED) is 0.846. The van der Waals surface area contributed by atoms with Gasteiger partial charge >= 0.3 is 5.97 Å². The number of nitrogens with one attached hydrogen (secondary N) is 1. The second-order valence-corrected chi connectivity index (χ2v) is 6.87. The van der Waals surface area contributed by atoms with Crippen LogP contribution in [0.25, 0.3) is 5.69 Å². The van der Waals surface area contributed by atoms with Crippen molar-refractivity contribution in [3.63, 3.8) is 0 Å². The van der Waals surface area contributed by atoms with E-state index in [2.05, 4.69) is 10.4 Å². The van der Waals surface area contributed by atoms with Crippen molar-refractivity contribution in [1.29, 1.82) is 0 Å². The van der Waals surface area contributed by atoms with Gasteiger partial charge in [-0.15, -0.1) is 0 Å². The monoisotopic (exact) mass is 369 g/mol. The van der Waals surface area contributed by atoms with Crippen LogP contribution in [0, 0.1) is 12.3 Å². The van der Waals surface area contributed by atoms with Gasteiger partial charge in [0.2, 0.25) is 0 Å². The molecule has 0 aliphatic heterocycles. The predicted molar refractivity (Wildman–Crippen MR) is 92.1 cm³/mol. The van der Waals surface area contributed by atoms with Crippen molar-refractivity contribution in [2.24, 2.45) is 5.41 Å². The molecule has 0 spiro atoms. The first-order valence-corrected chi connectivity index (χ1v) is 7.91. The molecule has 0 aliphatic carbocycles. The number of aliphatic carboxylic acids is 1. The van der Waals surface area contributed by atoms with Crippen LogP contribution in [-0.2, 0) is 4.79 Å². The van der Waals surface area contributed by atoms with Gasteiger partial charge in [-0.2, -0.15) is 5.10 Å². The smallest absolute Gasteiger partial charge is 0.310 e. The number of amides is 1. The van der Waals surface area contributed by atoms with E-state index < -0.39 is 17.3 Å². The van der Waals surface area contributed by atoms with Crippen molar-refractivity contribution >= 4 is 35.1 Å². The average Bonchev–Trinajstić information content (AvgIpc) is 2.89. The van der Waals surface area contributed by atoms with E-state index in [1.165, 1.54) is 13.8 Å². The Bertz CT molecular complexity index is 800. The van der Waals surface area contributed by atoms with Crippen molar-refractivity contribution in [3.05, 3.63) is 45.7 Å². The number of carboxylic acid groups (broad SMARTS) is 1. The Morgan fingerprint density at radius 2 is 1.92 bits per heavy atom. The van der Waals surface area contributed by atoms with Crippen LogP contribution in [0.4, 0.5) is 0 Å². The minimum atomic E-state index is -1.06. The SMILES string of the molecule is Cc1cc(C(=O)NCC(C)(C)C(=O)O)nn1-c1ccc(Cl)c(Cl)c1. The summed E-state index contributed by atoms with van der Waals surface area (Å²) in [6.07, 6.45) is 0. The van der Waals surface area contributed by atoms with Crippen molar-refractivity contribution in [2.45, 2.75) is 20.8 Å². The third kappa shape index (κ3) is 3.88. The fourth-order valence-corrected chi connectivity index (χ4v) is 2.22. The fourth-order valence-electron chi connectivity index (χ4n) is 1.93. The number of rotatable bonds is 5. The van der Waals surface area contributed by atoms with Crippen LogP contribution in [0.1, 0.15) is 30.0 Å². The van der Waals surface area contributed by atoms with E-state index in [4.69, 9.17) is 28.3 Å². The summed E-state index contributed by atoms with van der Waals surface area (Å²) < 4.78 is 1.57. The standard InChI is InChI=1S/C16H17Cl2N3O3/c1-9-6-13(14(22)19-8-16(2,3)15(23)24)20-21(9)10-4-5-11(17)12(18)7-10/h4-7H,8H2,1-3H3,(H,19,22)(H,23,24). The molecule has 1 heterocycles. The molecule has 0 saturated heterocycles. The minimum absolute atomic E-state index is 0.000151. The van der Waals surface area contributed by atoms with Crippen LogP contribution >= 0.6 is 23.2 Å². The molecule has 0 saturated carbocycles. The number of halogens is 2. The Hall–Kier alpha value is -2.05. The van der Waals surface area contributed by atoms with E-state index in [0.717, 1.165) is 5.69 Å². The number of aryl methyl sites for hydroxylation is 1. The number of nitrogens with zero attached hydrogens (tertiary/aromatic N) is 2. The van der Waals surface area contributed by atoms with E-state index >= 15 is 0 Å². The highest BCUT2D eigenvalue weighted by Gasteiger charge is 2.28. The van der Waals surface area contributed by atoms with Crippen LogP contribution in [0.15, 0.2) is 24.3 Å². The highest BCUT2D eigenvalue weighted by atomic mass is 35.5. The number of benzene rings is 1. The zero-order valence-electron chi connectivity index (χ0n) is 13.4. The average molecular weight is 370 g/mol. The molecular formula is C16H17Cl2N3O3. The van der Waals surface area contributed by atoms with E-state index in [9.17, 15) is 9.59 Å². The van der Waals surface area contributed by atoms with Crippen LogP contribution < -0.4 is 5.32 Å². The maximum Gasteiger partial charge on any atom is 0.310 e. The first kappa shape index (κ1) is 18.3. The molecule has 0 fully saturated rings. The molecule has 2 rings (SSSR count). The number of hydrogen-bond acceptors (Lipinski definition) is 3. The lowest BCUT2D eigenvalue weighted by molar-refractivity contribution is -0.146. The lowest BCUT2D eigenvalue weighted by atomic mass is 9.94. The van der Waals surface area contributed by atoms with E-state index in [0.29, 0.717) is 15.7 Å². The summed E-state index contributed by atoms with van der Waals surface area (Å²) >= 11 is 11.9. The zero-order valence-corrected chi connectivity index (χ0v) is 14.9. The molecular weight excluding hydrogens is 353 g/mol. The second kappa shape index (κ2) is 6.83. The summed E-state index contributed by atoms with van der Waals surface area (Å²) in [5.74, 6) is -1.42. The molecule has 2 aromatic rings. The second-order valence-electron chi connectivity index (χ2n) is 6.05. The van der Waals surface area contributed by atoms with E-state index in [1.54, 1.807) is 35.9 Å². The van der Waals surface area contributed by atoms with E-state index in [-0.39, 0.29) is 12.2 Å². The number of carboxylic acids is 1. The summed E-state index contributed by atoms with van der Waals surface area (Å²) in [5, 5.41) is 16.7. The molecule has 128 valence electrons. The van der Waals surface area contributed by atoms with Gasteiger partial charge in [0.25, 0.3) is 5.91 Å². The minimum Gasteiger partial charge on any atom is -0.481 e. The molecule has 24 heavy (non-hydrogen) atoms. The highest BCUT2D eigenvalue weighted by Crippen LogP contribution is 2.25. The predicted octanol–water partition coefficient (Wildman–Crippen LogP) is 3.33. The van der Waals surface area contributed by atoms with E-state index in [1.807, 2.05) is 0 Å². The number of carbonyl (C=O) groups is 2. The van der Waals surface area contributed by atoms with Gasteiger partial charge in [0.05, 0.1) is 21.1 Å². The molecule has 1 aromatic carbocycles. The number of carbonyl (C=O) groups excluding carboxylic acids is 1. The van der Waals surface area contributed by atoms with Crippen molar-refractivity contribution < 1.29 is 14.7 Å². The Balaban J connectivity index is 2.20. The molecule has 1 aromatic heterocycles. The van der Waals surface area contributed by atoms with Gasteiger partial charge in [0, 0.05) is 12.2 Å². The molecule has 0 radical (unpaired) electrons. The summed E-state index contributed by atoms with van der Waals surface area (Å²) in [7, 11) is 0. The maximum absolute atomic E-state index is 12.2. The molecule has 0 aliphatic rings.